The Balaban J connectivity index is 0.00000256. The van der Waals surface area contributed by atoms with E-state index in [1.165, 1.54) is 28.2 Å². The lowest BCUT2D eigenvalue weighted by atomic mass is 9.88. The van der Waals surface area contributed by atoms with Crippen molar-refractivity contribution in [3.05, 3.63) is 83.9 Å². The summed E-state index contributed by atoms with van der Waals surface area (Å²) in [4.78, 5) is 0. The predicted molar refractivity (Wildman–Crippen MR) is 127 cm³/mol. The van der Waals surface area contributed by atoms with E-state index in [0.717, 1.165) is 6.54 Å². The van der Waals surface area contributed by atoms with E-state index in [0.29, 0.717) is 13.1 Å². The van der Waals surface area contributed by atoms with E-state index in [1.807, 2.05) is 18.2 Å². The van der Waals surface area contributed by atoms with Crippen LogP contribution in [0.5, 0.6) is 0 Å². The van der Waals surface area contributed by atoms with Crippen LogP contribution < -0.4 is 5.32 Å². The number of nitrogens with one attached hydrogen (secondary N) is 1. The molecule has 1 aliphatic rings. The summed E-state index contributed by atoms with van der Waals surface area (Å²) in [5, 5.41) is 6.19. The molecule has 0 bridgehead atoms. The summed E-state index contributed by atoms with van der Waals surface area (Å²) in [6.07, 6.45) is 1.31. The van der Waals surface area contributed by atoms with Crippen LogP contribution in [0.1, 0.15) is 30.0 Å². The number of sulfonamides is 1. The lowest BCUT2D eigenvalue weighted by Gasteiger charge is -2.23. The first-order chi connectivity index (χ1) is 13.9. The fourth-order valence-electron chi connectivity index (χ4n) is 4.45. The Hall–Kier alpha value is -1.92. The molecule has 0 spiro atoms. The number of benzene rings is 3. The molecule has 4 nitrogen and oxygen atoms in total. The molecule has 3 atom stereocenters. The summed E-state index contributed by atoms with van der Waals surface area (Å²) >= 11 is 0. The Morgan fingerprint density at radius 1 is 0.967 bits per heavy atom. The van der Waals surface area contributed by atoms with E-state index in [4.69, 9.17) is 0 Å². The molecule has 4 rings (SSSR count). The molecule has 1 heterocycles. The van der Waals surface area contributed by atoms with E-state index in [1.54, 1.807) is 4.31 Å². The second kappa shape index (κ2) is 9.48. The fraction of sp³-hybridized carbons (Fsp3) is 0.333. The molecular formula is C24H29ClN2O2S. The molecule has 0 aromatic heterocycles. The highest BCUT2D eigenvalue weighted by atomic mass is 35.5. The van der Waals surface area contributed by atoms with Gasteiger partial charge in [0, 0.05) is 31.6 Å². The number of hydrogen-bond acceptors (Lipinski definition) is 3. The molecule has 0 radical (unpaired) electrons. The van der Waals surface area contributed by atoms with Gasteiger partial charge in [0.15, 0.2) is 0 Å². The zero-order valence-corrected chi connectivity index (χ0v) is 19.0. The van der Waals surface area contributed by atoms with Crippen molar-refractivity contribution in [1.82, 2.24) is 9.62 Å². The fourth-order valence-corrected chi connectivity index (χ4v) is 5.35. The van der Waals surface area contributed by atoms with Gasteiger partial charge in [0.05, 0.1) is 6.26 Å². The summed E-state index contributed by atoms with van der Waals surface area (Å²) in [6.45, 7) is 4.07. The molecule has 1 aliphatic heterocycles. The summed E-state index contributed by atoms with van der Waals surface area (Å²) in [5.74, 6) is 0.447. The highest BCUT2D eigenvalue weighted by Gasteiger charge is 2.37. The van der Waals surface area contributed by atoms with Crippen molar-refractivity contribution < 1.29 is 8.42 Å². The molecule has 2 unspecified atom stereocenters. The Kier molecular flexibility index (Phi) is 7.19. The number of halogens is 1. The van der Waals surface area contributed by atoms with Gasteiger partial charge in [-0.2, -0.15) is 0 Å². The first-order valence-corrected chi connectivity index (χ1v) is 12.0. The van der Waals surface area contributed by atoms with Crippen LogP contribution in [0.3, 0.4) is 0 Å². The SMILES string of the molecule is C[C@@H](NCC1CN(S(C)(=O)=O)CC1c1ccccc1)c1cccc2ccccc12.Cl. The molecule has 30 heavy (non-hydrogen) atoms. The smallest absolute Gasteiger partial charge is 0.211 e. The minimum Gasteiger partial charge on any atom is -0.310 e. The molecular weight excluding hydrogens is 416 g/mol. The molecule has 160 valence electrons. The van der Waals surface area contributed by atoms with Crippen molar-refractivity contribution in [3.8, 4) is 0 Å². The van der Waals surface area contributed by atoms with Crippen molar-refractivity contribution in [2.24, 2.45) is 5.92 Å². The van der Waals surface area contributed by atoms with Gasteiger partial charge in [0.25, 0.3) is 0 Å². The lowest BCUT2D eigenvalue weighted by Crippen LogP contribution is -2.31. The zero-order valence-electron chi connectivity index (χ0n) is 17.4. The number of rotatable bonds is 6. The first kappa shape index (κ1) is 22.8. The highest BCUT2D eigenvalue weighted by molar-refractivity contribution is 7.88. The topological polar surface area (TPSA) is 49.4 Å². The third-order valence-electron chi connectivity index (χ3n) is 6.08. The molecule has 1 N–H and O–H groups in total. The van der Waals surface area contributed by atoms with Crippen molar-refractivity contribution >= 4 is 33.2 Å². The second-order valence-corrected chi connectivity index (χ2v) is 10.0. The van der Waals surface area contributed by atoms with E-state index in [9.17, 15) is 8.42 Å². The van der Waals surface area contributed by atoms with Crippen LogP contribution in [0.15, 0.2) is 72.8 Å². The monoisotopic (exact) mass is 444 g/mol. The molecule has 6 heteroatoms. The van der Waals surface area contributed by atoms with Crippen LogP contribution in [0.25, 0.3) is 10.8 Å². The second-order valence-electron chi connectivity index (χ2n) is 8.06. The van der Waals surface area contributed by atoms with Crippen molar-refractivity contribution in [2.45, 2.75) is 18.9 Å². The Morgan fingerprint density at radius 3 is 2.37 bits per heavy atom. The normalized spacial score (nSPS) is 20.7. The van der Waals surface area contributed by atoms with Gasteiger partial charge < -0.3 is 5.32 Å². The average molecular weight is 445 g/mol. The summed E-state index contributed by atoms with van der Waals surface area (Å²) in [7, 11) is -3.19. The minimum absolute atomic E-state index is 0. The third-order valence-corrected chi connectivity index (χ3v) is 7.32. The van der Waals surface area contributed by atoms with Gasteiger partial charge in [-0.15, -0.1) is 12.4 Å². The molecule has 3 aromatic rings. The van der Waals surface area contributed by atoms with Gasteiger partial charge in [-0.05, 0) is 34.7 Å². The maximum absolute atomic E-state index is 12.2. The van der Waals surface area contributed by atoms with Gasteiger partial charge in [-0.1, -0.05) is 72.8 Å². The summed E-state index contributed by atoms with van der Waals surface area (Å²) in [6, 6.07) is 25.3. The highest BCUT2D eigenvalue weighted by Crippen LogP contribution is 2.34. The Bertz CT molecular complexity index is 1080. The zero-order chi connectivity index (χ0) is 20.4. The maximum atomic E-state index is 12.2. The van der Waals surface area contributed by atoms with Crippen molar-refractivity contribution in [2.75, 3.05) is 25.9 Å². The van der Waals surface area contributed by atoms with Crippen LogP contribution in [-0.2, 0) is 10.0 Å². The van der Waals surface area contributed by atoms with Crippen LogP contribution >= 0.6 is 12.4 Å². The number of hydrogen-bond donors (Lipinski definition) is 1. The van der Waals surface area contributed by atoms with E-state index < -0.39 is 10.0 Å². The Labute approximate surface area is 185 Å². The van der Waals surface area contributed by atoms with Crippen LogP contribution in [0.2, 0.25) is 0 Å². The molecule has 0 saturated carbocycles. The lowest BCUT2D eigenvalue weighted by molar-refractivity contribution is 0.423. The van der Waals surface area contributed by atoms with Gasteiger partial charge in [-0.3, -0.25) is 0 Å². The quantitative estimate of drug-likeness (QED) is 0.605. The predicted octanol–water partition coefficient (Wildman–Crippen LogP) is 4.59. The van der Waals surface area contributed by atoms with E-state index >= 15 is 0 Å². The number of fused-ring (bicyclic) bond motifs is 1. The van der Waals surface area contributed by atoms with Crippen molar-refractivity contribution in [1.29, 1.82) is 0 Å². The molecule has 3 aromatic carbocycles. The van der Waals surface area contributed by atoms with Gasteiger partial charge >= 0.3 is 0 Å². The third kappa shape index (κ3) is 4.86. The van der Waals surface area contributed by atoms with Gasteiger partial charge in [-0.25, -0.2) is 12.7 Å². The van der Waals surface area contributed by atoms with E-state index in [2.05, 4.69) is 66.8 Å². The van der Waals surface area contributed by atoms with Crippen molar-refractivity contribution in [3.63, 3.8) is 0 Å². The first-order valence-electron chi connectivity index (χ1n) is 10.1. The van der Waals surface area contributed by atoms with Crippen LogP contribution in [0, 0.1) is 5.92 Å². The average Bonchev–Trinajstić information content (AvgIpc) is 3.17. The largest absolute Gasteiger partial charge is 0.310 e. The summed E-state index contributed by atoms with van der Waals surface area (Å²) in [5.41, 5.74) is 2.49. The van der Waals surface area contributed by atoms with Crippen LogP contribution in [0.4, 0.5) is 0 Å². The summed E-state index contributed by atoms with van der Waals surface area (Å²) < 4.78 is 26.0. The molecule has 0 amide bonds. The van der Waals surface area contributed by atoms with E-state index in [-0.39, 0.29) is 30.3 Å². The maximum Gasteiger partial charge on any atom is 0.211 e. The van der Waals surface area contributed by atoms with Gasteiger partial charge in [0.1, 0.15) is 0 Å². The number of nitrogens with zero attached hydrogens (tertiary/aromatic N) is 1. The van der Waals surface area contributed by atoms with Gasteiger partial charge in [0.2, 0.25) is 10.0 Å². The molecule has 0 aliphatic carbocycles. The van der Waals surface area contributed by atoms with Crippen LogP contribution in [-0.4, -0.2) is 38.6 Å². The molecule has 1 saturated heterocycles. The Morgan fingerprint density at radius 2 is 1.63 bits per heavy atom. The molecule has 1 fully saturated rings. The standard InChI is InChI=1S/C24H28N2O2S.ClH/c1-18(22-14-8-12-19-11-6-7-13-23(19)22)25-15-21-16-26(29(2,27)28)17-24(21)20-9-4-3-5-10-20;/h3-14,18,21,24-25H,15-17H2,1-2H3;1H/t18-,21?,24?;/m1./s1. The minimum atomic E-state index is -3.19.